The Morgan fingerprint density at radius 3 is 2.50 bits per heavy atom. The number of nitrogens with zero attached hydrogens (tertiary/aromatic N) is 2. The van der Waals surface area contributed by atoms with Gasteiger partial charge in [0.15, 0.2) is 0 Å². The molecule has 2 aromatic rings. The van der Waals surface area contributed by atoms with Gasteiger partial charge in [-0.05, 0) is 31.0 Å². The van der Waals surface area contributed by atoms with Gasteiger partial charge in [0, 0.05) is 7.05 Å². The van der Waals surface area contributed by atoms with Crippen LogP contribution in [0.4, 0.5) is 13.2 Å². The molecule has 0 fully saturated rings. The van der Waals surface area contributed by atoms with Crippen molar-refractivity contribution < 1.29 is 13.2 Å². The first-order valence-corrected chi connectivity index (χ1v) is 6.33. The summed E-state index contributed by atoms with van der Waals surface area (Å²) in [5.74, 6) is 0.388. The van der Waals surface area contributed by atoms with Crippen molar-refractivity contribution >= 4 is 10.9 Å². The Kier molecular flexibility index (Phi) is 3.58. The molecule has 1 aromatic heterocycles. The fraction of sp³-hybridized carbons (Fsp3) is 0.429. The van der Waals surface area contributed by atoms with Crippen LogP contribution in [0.2, 0.25) is 0 Å². The lowest BCUT2D eigenvalue weighted by Crippen LogP contribution is -2.21. The van der Waals surface area contributed by atoms with E-state index in [0.717, 1.165) is 6.07 Å². The van der Waals surface area contributed by atoms with Gasteiger partial charge in [0.2, 0.25) is 0 Å². The van der Waals surface area contributed by atoms with Crippen molar-refractivity contribution in [3.63, 3.8) is 0 Å². The van der Waals surface area contributed by atoms with Crippen LogP contribution in [0.1, 0.15) is 30.3 Å². The number of aromatic nitrogens is 2. The first-order valence-electron chi connectivity index (χ1n) is 6.33. The van der Waals surface area contributed by atoms with Crippen LogP contribution >= 0.6 is 0 Å². The number of fused-ring (bicyclic) bond motifs is 1. The van der Waals surface area contributed by atoms with Gasteiger partial charge in [0.1, 0.15) is 5.82 Å². The predicted octanol–water partition coefficient (Wildman–Crippen LogP) is 3.21. The van der Waals surface area contributed by atoms with Crippen molar-refractivity contribution in [2.24, 2.45) is 7.05 Å². The molecule has 0 amide bonds. The van der Waals surface area contributed by atoms with Gasteiger partial charge in [-0.2, -0.15) is 13.2 Å². The summed E-state index contributed by atoms with van der Waals surface area (Å²) in [5.41, 5.74) is -0.779. The zero-order valence-corrected chi connectivity index (χ0v) is 11.5. The smallest absolute Gasteiger partial charge is 0.299 e. The zero-order valence-electron chi connectivity index (χ0n) is 11.5. The minimum absolute atomic E-state index is 0.0952. The summed E-state index contributed by atoms with van der Waals surface area (Å²) in [6, 6.07) is 2.31. The molecule has 1 heterocycles. The second-order valence-electron chi connectivity index (χ2n) is 4.80. The van der Waals surface area contributed by atoms with Crippen molar-refractivity contribution in [1.29, 1.82) is 0 Å². The molecule has 0 aliphatic rings. The Hall–Kier alpha value is -1.85. The molecule has 0 N–H and O–H groups in total. The molecule has 0 saturated carbocycles. The van der Waals surface area contributed by atoms with Gasteiger partial charge < -0.3 is 0 Å². The summed E-state index contributed by atoms with van der Waals surface area (Å²) in [6.45, 7) is 3.39. The molecule has 0 bridgehead atoms. The van der Waals surface area contributed by atoms with Gasteiger partial charge in [-0.15, -0.1) is 0 Å². The summed E-state index contributed by atoms with van der Waals surface area (Å²) >= 11 is 0. The van der Waals surface area contributed by atoms with Crippen molar-refractivity contribution in [2.45, 2.75) is 32.9 Å². The Labute approximate surface area is 114 Å². The molecule has 108 valence electrons. The topological polar surface area (TPSA) is 34.9 Å². The van der Waals surface area contributed by atoms with Crippen LogP contribution in [0.3, 0.4) is 0 Å². The van der Waals surface area contributed by atoms with Crippen LogP contribution in [-0.4, -0.2) is 9.55 Å². The number of alkyl halides is 3. The highest BCUT2D eigenvalue weighted by Gasteiger charge is 2.33. The number of benzene rings is 1. The quantitative estimate of drug-likeness (QED) is 0.848. The number of hydrogen-bond acceptors (Lipinski definition) is 2. The first kappa shape index (κ1) is 14.6. The van der Waals surface area contributed by atoms with Crippen molar-refractivity contribution in [1.82, 2.24) is 9.55 Å². The molecule has 2 rings (SSSR count). The maximum atomic E-state index is 13.1. The largest absolute Gasteiger partial charge is 0.416 e. The van der Waals surface area contributed by atoms with Crippen LogP contribution in [0.5, 0.6) is 0 Å². The van der Waals surface area contributed by atoms with Gasteiger partial charge >= 0.3 is 6.18 Å². The van der Waals surface area contributed by atoms with Gasteiger partial charge in [0.25, 0.3) is 5.56 Å². The number of halogens is 3. The van der Waals surface area contributed by atoms with E-state index in [0.29, 0.717) is 12.2 Å². The fourth-order valence-electron chi connectivity index (χ4n) is 2.21. The summed E-state index contributed by atoms with van der Waals surface area (Å²) in [4.78, 5) is 16.2. The SMILES string of the molecule is CCCc1cc2c(=O)n(C)c(C)nc2cc1C(F)(F)F. The maximum Gasteiger partial charge on any atom is 0.416 e. The molecular formula is C14H15F3N2O. The van der Waals surface area contributed by atoms with Crippen LogP contribution in [0.15, 0.2) is 16.9 Å². The summed E-state index contributed by atoms with van der Waals surface area (Å²) in [6.07, 6.45) is -3.58. The van der Waals surface area contributed by atoms with Crippen molar-refractivity contribution in [3.8, 4) is 0 Å². The predicted molar refractivity (Wildman–Crippen MR) is 70.7 cm³/mol. The molecule has 0 aliphatic carbocycles. The van der Waals surface area contributed by atoms with Gasteiger partial charge in [-0.25, -0.2) is 4.98 Å². The summed E-state index contributed by atoms with van der Waals surface area (Å²) in [7, 11) is 1.56. The molecule has 0 saturated heterocycles. The highest BCUT2D eigenvalue weighted by atomic mass is 19.4. The monoisotopic (exact) mass is 284 g/mol. The Morgan fingerprint density at radius 2 is 1.95 bits per heavy atom. The second-order valence-corrected chi connectivity index (χ2v) is 4.80. The average Bonchev–Trinajstić information content (AvgIpc) is 2.35. The van der Waals surface area contributed by atoms with Crippen molar-refractivity contribution in [3.05, 3.63) is 39.4 Å². The fourth-order valence-corrected chi connectivity index (χ4v) is 2.21. The number of aryl methyl sites for hydroxylation is 2. The van der Waals surface area contributed by atoms with Crippen LogP contribution in [0.25, 0.3) is 10.9 Å². The zero-order chi connectivity index (χ0) is 15.1. The molecule has 0 unspecified atom stereocenters. The minimum Gasteiger partial charge on any atom is -0.299 e. The second kappa shape index (κ2) is 4.92. The van der Waals surface area contributed by atoms with E-state index in [4.69, 9.17) is 0 Å². The normalized spacial score (nSPS) is 12.1. The van der Waals surface area contributed by atoms with E-state index in [1.54, 1.807) is 20.9 Å². The third-order valence-corrected chi connectivity index (χ3v) is 3.35. The molecule has 0 radical (unpaired) electrons. The van der Waals surface area contributed by atoms with Crippen LogP contribution in [-0.2, 0) is 19.6 Å². The number of hydrogen-bond donors (Lipinski definition) is 0. The molecule has 0 aliphatic heterocycles. The van der Waals surface area contributed by atoms with Gasteiger partial charge in [-0.1, -0.05) is 13.3 Å². The Balaban J connectivity index is 2.85. The lowest BCUT2D eigenvalue weighted by atomic mass is 10.00. The highest BCUT2D eigenvalue weighted by molar-refractivity contribution is 5.79. The third-order valence-electron chi connectivity index (χ3n) is 3.35. The van der Waals surface area contributed by atoms with E-state index < -0.39 is 11.7 Å². The molecule has 0 atom stereocenters. The molecular weight excluding hydrogens is 269 g/mol. The van der Waals surface area contributed by atoms with E-state index in [9.17, 15) is 18.0 Å². The third kappa shape index (κ3) is 2.42. The van der Waals surface area contributed by atoms with E-state index in [-0.39, 0.29) is 28.4 Å². The molecule has 3 nitrogen and oxygen atoms in total. The summed E-state index contributed by atoms with van der Waals surface area (Å²) < 4.78 is 40.5. The molecule has 0 spiro atoms. The molecule has 6 heteroatoms. The summed E-state index contributed by atoms with van der Waals surface area (Å²) in [5, 5.41) is 0.231. The van der Waals surface area contributed by atoms with E-state index in [2.05, 4.69) is 4.98 Å². The molecule has 20 heavy (non-hydrogen) atoms. The van der Waals surface area contributed by atoms with E-state index >= 15 is 0 Å². The van der Waals surface area contributed by atoms with Crippen LogP contribution in [0, 0.1) is 6.92 Å². The standard InChI is InChI=1S/C14H15F3N2O/c1-4-5-9-6-10-12(7-11(9)14(15,16)17)18-8(2)19(3)13(10)20/h6-7H,4-5H2,1-3H3. The highest BCUT2D eigenvalue weighted by Crippen LogP contribution is 2.34. The minimum atomic E-state index is -4.44. The van der Waals surface area contributed by atoms with Gasteiger partial charge in [-0.3, -0.25) is 9.36 Å². The van der Waals surface area contributed by atoms with E-state index in [1.165, 1.54) is 10.6 Å². The van der Waals surface area contributed by atoms with Gasteiger partial charge in [0.05, 0.1) is 16.5 Å². The Morgan fingerprint density at radius 1 is 1.30 bits per heavy atom. The molecule has 1 aromatic carbocycles. The number of rotatable bonds is 2. The lowest BCUT2D eigenvalue weighted by molar-refractivity contribution is -0.138. The van der Waals surface area contributed by atoms with Crippen molar-refractivity contribution in [2.75, 3.05) is 0 Å². The van der Waals surface area contributed by atoms with Crippen LogP contribution < -0.4 is 5.56 Å². The lowest BCUT2D eigenvalue weighted by Gasteiger charge is -2.14. The maximum absolute atomic E-state index is 13.1. The average molecular weight is 284 g/mol. The van der Waals surface area contributed by atoms with E-state index in [1.807, 2.05) is 0 Å². The first-order chi connectivity index (χ1) is 9.25. The Bertz CT molecular complexity index is 717.